The molecule has 24 heavy (non-hydrogen) atoms. The maximum absolute atomic E-state index is 13.2. The van der Waals surface area contributed by atoms with Gasteiger partial charge < -0.3 is 10.2 Å². The topological polar surface area (TPSA) is 49.4 Å². The lowest BCUT2D eigenvalue weighted by Crippen LogP contribution is -2.43. The zero-order valence-corrected chi connectivity index (χ0v) is 13.5. The Kier molecular flexibility index (Phi) is 4.60. The third kappa shape index (κ3) is 3.30. The lowest BCUT2D eigenvalue weighted by Gasteiger charge is -2.24. The standard InChI is InChI=1S/C19H19FN2O2/c1-13-12-15(20)9-10-16(13)21-18(23)17-8-5-11-22(17)19(24)14-6-3-2-4-7-14/h2-4,6-7,9-10,12,17H,5,8,11H2,1H3,(H,21,23)/t17-/m1/s1. The number of hydrogen-bond donors (Lipinski definition) is 1. The number of benzene rings is 2. The zero-order valence-electron chi connectivity index (χ0n) is 13.5. The van der Waals surface area contributed by atoms with Gasteiger partial charge in [-0.15, -0.1) is 0 Å². The molecule has 0 saturated carbocycles. The molecule has 0 aliphatic carbocycles. The Morgan fingerprint density at radius 1 is 1.17 bits per heavy atom. The fourth-order valence-corrected chi connectivity index (χ4v) is 3.01. The molecule has 1 N–H and O–H groups in total. The van der Waals surface area contributed by atoms with Crippen molar-refractivity contribution in [1.29, 1.82) is 0 Å². The van der Waals surface area contributed by atoms with Crippen LogP contribution in [0.15, 0.2) is 48.5 Å². The van der Waals surface area contributed by atoms with E-state index in [9.17, 15) is 14.0 Å². The van der Waals surface area contributed by atoms with Gasteiger partial charge in [0.05, 0.1) is 0 Å². The van der Waals surface area contributed by atoms with E-state index in [4.69, 9.17) is 0 Å². The number of aryl methyl sites for hydroxylation is 1. The summed E-state index contributed by atoms with van der Waals surface area (Å²) in [7, 11) is 0. The molecule has 4 nitrogen and oxygen atoms in total. The SMILES string of the molecule is Cc1cc(F)ccc1NC(=O)[C@H]1CCCN1C(=O)c1ccccc1. The monoisotopic (exact) mass is 326 g/mol. The van der Waals surface area contributed by atoms with Crippen LogP contribution >= 0.6 is 0 Å². The summed E-state index contributed by atoms with van der Waals surface area (Å²) >= 11 is 0. The lowest BCUT2D eigenvalue weighted by molar-refractivity contribution is -0.119. The molecular weight excluding hydrogens is 307 g/mol. The van der Waals surface area contributed by atoms with Crippen LogP contribution in [0, 0.1) is 12.7 Å². The average molecular weight is 326 g/mol. The number of hydrogen-bond acceptors (Lipinski definition) is 2. The van der Waals surface area contributed by atoms with Crippen molar-refractivity contribution in [3.63, 3.8) is 0 Å². The summed E-state index contributed by atoms with van der Waals surface area (Å²) in [6, 6.07) is 12.7. The molecule has 0 unspecified atom stereocenters. The highest BCUT2D eigenvalue weighted by Crippen LogP contribution is 2.23. The normalized spacial score (nSPS) is 16.9. The first kappa shape index (κ1) is 16.2. The Bertz CT molecular complexity index is 761. The minimum atomic E-state index is -0.498. The van der Waals surface area contributed by atoms with Gasteiger partial charge in [-0.1, -0.05) is 18.2 Å². The number of nitrogens with one attached hydrogen (secondary N) is 1. The van der Waals surface area contributed by atoms with Gasteiger partial charge in [-0.3, -0.25) is 9.59 Å². The summed E-state index contributed by atoms with van der Waals surface area (Å²) in [6.07, 6.45) is 1.42. The number of nitrogens with zero attached hydrogens (tertiary/aromatic N) is 1. The average Bonchev–Trinajstić information content (AvgIpc) is 3.07. The van der Waals surface area contributed by atoms with Crippen LogP contribution < -0.4 is 5.32 Å². The van der Waals surface area contributed by atoms with E-state index in [1.807, 2.05) is 6.07 Å². The Morgan fingerprint density at radius 3 is 2.62 bits per heavy atom. The van der Waals surface area contributed by atoms with Crippen molar-refractivity contribution < 1.29 is 14.0 Å². The molecule has 2 aromatic rings. The van der Waals surface area contributed by atoms with Gasteiger partial charge in [0.2, 0.25) is 5.91 Å². The van der Waals surface area contributed by atoms with E-state index < -0.39 is 6.04 Å². The van der Waals surface area contributed by atoms with Crippen LogP contribution in [0.3, 0.4) is 0 Å². The first-order valence-corrected chi connectivity index (χ1v) is 7.99. The van der Waals surface area contributed by atoms with Crippen LogP contribution in [0.4, 0.5) is 10.1 Å². The van der Waals surface area contributed by atoms with E-state index in [-0.39, 0.29) is 17.6 Å². The zero-order chi connectivity index (χ0) is 17.1. The predicted molar refractivity (Wildman–Crippen MR) is 90.3 cm³/mol. The maximum atomic E-state index is 13.2. The van der Waals surface area contributed by atoms with Crippen molar-refractivity contribution in [2.45, 2.75) is 25.8 Å². The quantitative estimate of drug-likeness (QED) is 0.940. The Labute approximate surface area is 140 Å². The molecule has 1 heterocycles. The second kappa shape index (κ2) is 6.83. The summed E-state index contributed by atoms with van der Waals surface area (Å²) in [5.41, 5.74) is 1.80. The number of rotatable bonds is 3. The van der Waals surface area contributed by atoms with E-state index in [1.54, 1.807) is 42.2 Å². The van der Waals surface area contributed by atoms with Gasteiger partial charge in [-0.25, -0.2) is 4.39 Å². The van der Waals surface area contributed by atoms with E-state index in [2.05, 4.69) is 5.32 Å². The first-order valence-electron chi connectivity index (χ1n) is 7.99. The van der Waals surface area contributed by atoms with Crippen LogP contribution in [0.25, 0.3) is 0 Å². The highest BCUT2D eigenvalue weighted by Gasteiger charge is 2.34. The van der Waals surface area contributed by atoms with Gasteiger partial charge in [0.1, 0.15) is 11.9 Å². The van der Waals surface area contributed by atoms with Gasteiger partial charge in [-0.2, -0.15) is 0 Å². The lowest BCUT2D eigenvalue weighted by atomic mass is 10.1. The Hall–Kier alpha value is -2.69. The van der Waals surface area contributed by atoms with Gasteiger partial charge >= 0.3 is 0 Å². The minimum Gasteiger partial charge on any atom is -0.327 e. The molecular formula is C19H19FN2O2. The maximum Gasteiger partial charge on any atom is 0.254 e. The molecule has 0 radical (unpaired) electrons. The van der Waals surface area contributed by atoms with Crippen LogP contribution in [0.5, 0.6) is 0 Å². The number of carbonyl (C=O) groups excluding carboxylic acids is 2. The van der Waals surface area contributed by atoms with Gasteiger partial charge in [0.25, 0.3) is 5.91 Å². The van der Waals surface area contributed by atoms with Crippen LogP contribution in [0.2, 0.25) is 0 Å². The summed E-state index contributed by atoms with van der Waals surface area (Å²) < 4.78 is 13.2. The van der Waals surface area contributed by atoms with Crippen molar-refractivity contribution in [3.05, 3.63) is 65.5 Å². The predicted octanol–water partition coefficient (Wildman–Crippen LogP) is 3.38. The number of carbonyl (C=O) groups is 2. The first-order chi connectivity index (χ1) is 11.6. The highest BCUT2D eigenvalue weighted by molar-refractivity contribution is 6.01. The molecule has 1 saturated heterocycles. The van der Waals surface area contributed by atoms with E-state index >= 15 is 0 Å². The Balaban J connectivity index is 1.75. The molecule has 1 aliphatic rings. The van der Waals surface area contributed by atoms with Crippen molar-refractivity contribution in [2.75, 3.05) is 11.9 Å². The second-order valence-electron chi connectivity index (χ2n) is 5.97. The number of amides is 2. The third-order valence-electron chi connectivity index (χ3n) is 4.28. The molecule has 0 aromatic heterocycles. The summed E-state index contributed by atoms with van der Waals surface area (Å²) in [4.78, 5) is 26.8. The minimum absolute atomic E-state index is 0.135. The molecule has 124 valence electrons. The van der Waals surface area contributed by atoms with Crippen LogP contribution in [-0.4, -0.2) is 29.3 Å². The van der Waals surface area contributed by atoms with Crippen molar-refractivity contribution >= 4 is 17.5 Å². The molecule has 1 atom stereocenters. The van der Waals surface area contributed by atoms with Crippen LogP contribution in [0.1, 0.15) is 28.8 Å². The van der Waals surface area contributed by atoms with E-state index in [0.29, 0.717) is 29.8 Å². The molecule has 1 aliphatic heterocycles. The highest BCUT2D eigenvalue weighted by atomic mass is 19.1. The number of likely N-dealkylation sites (tertiary alicyclic amines) is 1. The van der Waals surface area contributed by atoms with E-state index in [1.165, 1.54) is 12.1 Å². The smallest absolute Gasteiger partial charge is 0.254 e. The Morgan fingerprint density at radius 2 is 1.92 bits per heavy atom. The number of anilines is 1. The molecule has 2 amide bonds. The number of halogens is 1. The molecule has 3 rings (SSSR count). The molecule has 0 bridgehead atoms. The largest absolute Gasteiger partial charge is 0.327 e. The van der Waals surface area contributed by atoms with Gasteiger partial charge in [0.15, 0.2) is 0 Å². The fraction of sp³-hybridized carbons (Fsp3) is 0.263. The van der Waals surface area contributed by atoms with Crippen LogP contribution in [-0.2, 0) is 4.79 Å². The summed E-state index contributed by atoms with van der Waals surface area (Å²) in [5.74, 6) is -0.706. The molecule has 2 aromatic carbocycles. The summed E-state index contributed by atoms with van der Waals surface area (Å²) in [5, 5.41) is 2.82. The summed E-state index contributed by atoms with van der Waals surface area (Å²) in [6.45, 7) is 2.30. The van der Waals surface area contributed by atoms with Crippen molar-refractivity contribution in [2.24, 2.45) is 0 Å². The molecule has 1 fully saturated rings. The fourth-order valence-electron chi connectivity index (χ4n) is 3.01. The molecule has 0 spiro atoms. The third-order valence-corrected chi connectivity index (χ3v) is 4.28. The second-order valence-corrected chi connectivity index (χ2v) is 5.97. The van der Waals surface area contributed by atoms with Crippen molar-refractivity contribution in [1.82, 2.24) is 4.90 Å². The van der Waals surface area contributed by atoms with Gasteiger partial charge in [-0.05, 0) is 55.7 Å². The van der Waals surface area contributed by atoms with Gasteiger partial charge in [0, 0.05) is 17.8 Å². The van der Waals surface area contributed by atoms with Crippen molar-refractivity contribution in [3.8, 4) is 0 Å². The van der Waals surface area contributed by atoms with E-state index in [0.717, 1.165) is 6.42 Å². The molecule has 5 heteroatoms.